The van der Waals surface area contributed by atoms with Crippen LogP contribution in [0, 0.1) is 11.8 Å². The molecule has 3 aliphatic rings. The molecule has 2 heterocycles. The Morgan fingerprint density at radius 2 is 1.59 bits per heavy atom. The fraction of sp³-hybridized carbons (Fsp3) is 0.368. The quantitative estimate of drug-likeness (QED) is 0.395. The molecule has 0 radical (unpaired) electrons. The average molecular weight is 440 g/mol. The van der Waals surface area contributed by atoms with E-state index in [1.807, 2.05) is 0 Å². The molecule has 0 aromatic heterocycles. The minimum atomic E-state index is -4.59. The number of carbonyl (C=O) groups excluding carboxylic acids is 3. The van der Waals surface area contributed by atoms with Crippen molar-refractivity contribution in [3.63, 3.8) is 0 Å². The first-order chi connectivity index (χ1) is 13.7. The minimum Gasteiger partial charge on any atom is -0.272 e. The van der Waals surface area contributed by atoms with Crippen molar-refractivity contribution < 1.29 is 27.6 Å². The van der Waals surface area contributed by atoms with Crippen molar-refractivity contribution in [3.8, 4) is 0 Å². The van der Waals surface area contributed by atoms with Gasteiger partial charge < -0.3 is 0 Å². The predicted octanol–water partition coefficient (Wildman–Crippen LogP) is 4.00. The van der Waals surface area contributed by atoms with Gasteiger partial charge in [-0.15, -0.1) is 0 Å². The highest BCUT2D eigenvalue weighted by Gasteiger charge is 2.54. The van der Waals surface area contributed by atoms with Crippen LogP contribution in [-0.2, 0) is 20.6 Å². The van der Waals surface area contributed by atoms with E-state index in [4.69, 9.17) is 12.2 Å². The summed E-state index contributed by atoms with van der Waals surface area (Å²) in [7, 11) is 0. The van der Waals surface area contributed by atoms with Gasteiger partial charge in [-0.1, -0.05) is 42.8 Å². The molecular formula is C19H15F3N2O3S2. The van der Waals surface area contributed by atoms with E-state index < -0.39 is 41.3 Å². The van der Waals surface area contributed by atoms with Crippen LogP contribution < -0.4 is 0 Å². The number of hydrazine groups is 1. The van der Waals surface area contributed by atoms with Crippen LogP contribution in [0.5, 0.6) is 0 Å². The van der Waals surface area contributed by atoms with Gasteiger partial charge in [-0.25, -0.2) is 0 Å². The summed E-state index contributed by atoms with van der Waals surface area (Å²) in [4.78, 5) is 38.3. The molecule has 0 spiro atoms. The van der Waals surface area contributed by atoms with Crippen molar-refractivity contribution >= 4 is 52.1 Å². The van der Waals surface area contributed by atoms with Crippen molar-refractivity contribution in [2.75, 3.05) is 0 Å². The van der Waals surface area contributed by atoms with Crippen molar-refractivity contribution in [1.82, 2.24) is 10.0 Å². The number of rotatable bonds is 2. The first-order valence-electron chi connectivity index (χ1n) is 9.02. The SMILES string of the molecule is O=C1/C(=C/c2ccccc2C(F)(F)F)SC(=S)N1N1C(=O)[C@@H]2CCCC[C@H]2C1=O. The maximum atomic E-state index is 13.2. The zero-order valence-electron chi connectivity index (χ0n) is 14.9. The molecule has 0 N–H and O–H groups in total. The normalized spacial score (nSPS) is 26.7. The minimum absolute atomic E-state index is 0.0499. The number of carbonyl (C=O) groups is 3. The zero-order chi connectivity index (χ0) is 20.9. The van der Waals surface area contributed by atoms with Crippen molar-refractivity contribution in [2.24, 2.45) is 11.8 Å². The van der Waals surface area contributed by atoms with Crippen LogP contribution in [0.1, 0.15) is 36.8 Å². The van der Waals surface area contributed by atoms with Gasteiger partial charge in [0.15, 0.2) is 4.32 Å². The van der Waals surface area contributed by atoms with Gasteiger partial charge in [-0.2, -0.15) is 23.2 Å². The second-order valence-electron chi connectivity index (χ2n) is 7.06. The van der Waals surface area contributed by atoms with Gasteiger partial charge in [0.05, 0.1) is 22.3 Å². The summed E-state index contributed by atoms with van der Waals surface area (Å²) >= 11 is 5.96. The van der Waals surface area contributed by atoms with Gasteiger partial charge in [0.25, 0.3) is 17.7 Å². The lowest BCUT2D eigenvalue weighted by molar-refractivity contribution is -0.158. The van der Waals surface area contributed by atoms with E-state index in [1.54, 1.807) is 0 Å². The smallest absolute Gasteiger partial charge is 0.272 e. The monoisotopic (exact) mass is 440 g/mol. The average Bonchev–Trinajstić information content (AvgIpc) is 3.08. The third kappa shape index (κ3) is 3.38. The van der Waals surface area contributed by atoms with Crippen LogP contribution in [0.3, 0.4) is 0 Å². The summed E-state index contributed by atoms with van der Waals surface area (Å²) < 4.78 is 39.7. The van der Waals surface area contributed by atoms with Crippen LogP contribution in [0.25, 0.3) is 6.08 Å². The lowest BCUT2D eigenvalue weighted by atomic mass is 9.81. The summed E-state index contributed by atoms with van der Waals surface area (Å²) in [6.45, 7) is 0. The highest BCUT2D eigenvalue weighted by atomic mass is 32.2. The van der Waals surface area contributed by atoms with Crippen LogP contribution in [-0.4, -0.2) is 32.1 Å². The molecule has 5 nitrogen and oxygen atoms in total. The molecule has 0 unspecified atom stereocenters. The summed E-state index contributed by atoms with van der Waals surface area (Å²) in [5, 5.41) is 1.64. The van der Waals surface area contributed by atoms with Crippen molar-refractivity contribution in [3.05, 3.63) is 40.3 Å². The number of imide groups is 1. The van der Waals surface area contributed by atoms with Gasteiger partial charge in [0.1, 0.15) is 0 Å². The molecule has 4 rings (SSSR count). The number of fused-ring (bicyclic) bond motifs is 1. The molecule has 3 fully saturated rings. The summed E-state index contributed by atoms with van der Waals surface area (Å²) in [6.07, 6.45) is -0.664. The lowest BCUT2D eigenvalue weighted by Crippen LogP contribution is -2.49. The highest BCUT2D eigenvalue weighted by Crippen LogP contribution is 2.43. The van der Waals surface area contributed by atoms with Gasteiger partial charge in [-0.05, 0) is 42.8 Å². The molecule has 2 atom stereocenters. The van der Waals surface area contributed by atoms with Gasteiger partial charge in [-0.3, -0.25) is 14.4 Å². The zero-order valence-corrected chi connectivity index (χ0v) is 16.6. The Morgan fingerprint density at radius 1 is 1.00 bits per heavy atom. The van der Waals surface area contributed by atoms with Crippen LogP contribution >= 0.6 is 24.0 Å². The predicted molar refractivity (Wildman–Crippen MR) is 104 cm³/mol. The van der Waals surface area contributed by atoms with Crippen molar-refractivity contribution in [1.29, 1.82) is 0 Å². The molecule has 1 aliphatic carbocycles. The molecule has 0 bridgehead atoms. The van der Waals surface area contributed by atoms with Crippen LogP contribution in [0.4, 0.5) is 13.2 Å². The summed E-state index contributed by atoms with van der Waals surface area (Å²) in [5.74, 6) is -2.62. The summed E-state index contributed by atoms with van der Waals surface area (Å²) in [6, 6.07) is 4.86. The molecule has 29 heavy (non-hydrogen) atoms. The van der Waals surface area contributed by atoms with E-state index in [9.17, 15) is 27.6 Å². The number of nitrogens with zero attached hydrogens (tertiary/aromatic N) is 2. The first-order valence-corrected chi connectivity index (χ1v) is 10.2. The Kier molecular flexibility index (Phi) is 5.02. The third-order valence-corrected chi connectivity index (χ3v) is 6.63. The number of halogens is 3. The fourth-order valence-electron chi connectivity index (χ4n) is 4.00. The lowest BCUT2D eigenvalue weighted by Gasteiger charge is -2.24. The largest absolute Gasteiger partial charge is 0.416 e. The molecule has 1 aromatic carbocycles. The number of thiocarbonyl (C=S) groups is 1. The van der Waals surface area contributed by atoms with Gasteiger partial charge in [0.2, 0.25) is 0 Å². The number of thioether (sulfide) groups is 1. The van der Waals surface area contributed by atoms with Crippen LogP contribution in [0.2, 0.25) is 0 Å². The number of hydrogen-bond donors (Lipinski definition) is 0. The van der Waals surface area contributed by atoms with E-state index >= 15 is 0 Å². The molecule has 1 aromatic rings. The molecule has 152 valence electrons. The van der Waals surface area contributed by atoms with E-state index in [-0.39, 0.29) is 14.8 Å². The maximum absolute atomic E-state index is 13.2. The number of benzene rings is 1. The Balaban J connectivity index is 1.66. The first kappa shape index (κ1) is 20.1. The maximum Gasteiger partial charge on any atom is 0.416 e. The molecule has 1 saturated carbocycles. The second kappa shape index (κ2) is 7.24. The molecule has 3 amide bonds. The Hall–Kier alpha value is -2.20. The fourth-order valence-corrected chi connectivity index (χ4v) is 5.23. The van der Waals surface area contributed by atoms with Gasteiger partial charge >= 0.3 is 6.18 Å². The van der Waals surface area contributed by atoms with E-state index in [2.05, 4.69) is 0 Å². The number of hydrogen-bond acceptors (Lipinski definition) is 5. The third-order valence-electron chi connectivity index (χ3n) is 5.34. The second-order valence-corrected chi connectivity index (χ2v) is 8.74. The number of alkyl halides is 3. The van der Waals surface area contributed by atoms with Gasteiger partial charge in [0, 0.05) is 0 Å². The Labute approximate surface area is 173 Å². The van der Waals surface area contributed by atoms with Crippen molar-refractivity contribution in [2.45, 2.75) is 31.9 Å². The molecular weight excluding hydrogens is 425 g/mol. The van der Waals surface area contributed by atoms with E-state index in [0.717, 1.165) is 46.8 Å². The topological polar surface area (TPSA) is 57.7 Å². The van der Waals surface area contributed by atoms with E-state index in [1.165, 1.54) is 18.2 Å². The highest BCUT2D eigenvalue weighted by molar-refractivity contribution is 8.26. The van der Waals surface area contributed by atoms with E-state index in [0.29, 0.717) is 12.8 Å². The Bertz CT molecular complexity index is 936. The molecule has 2 saturated heterocycles. The Morgan fingerprint density at radius 3 is 2.17 bits per heavy atom. The standard InChI is InChI=1S/C19H15F3N2O3S2/c20-19(21,22)13-8-4-1-5-10(13)9-14-17(27)24(18(28)29-14)23-15(25)11-6-2-3-7-12(11)16(23)26/h1,4-5,8-9,11-12H,2-3,6-7H2/b14-9-/t11-,12-/m1/s1. The molecule has 2 aliphatic heterocycles. The van der Waals surface area contributed by atoms with Crippen LogP contribution in [0.15, 0.2) is 29.2 Å². The number of amides is 3. The summed E-state index contributed by atoms with van der Waals surface area (Å²) in [5.41, 5.74) is -1.07. The molecule has 10 heteroatoms.